The summed E-state index contributed by atoms with van der Waals surface area (Å²) in [5.41, 5.74) is 2.84. The van der Waals surface area contributed by atoms with Crippen LogP contribution in [0.15, 0.2) is 47.7 Å². The van der Waals surface area contributed by atoms with E-state index in [1.54, 1.807) is 13.0 Å². The Balaban J connectivity index is 2.22. The molecule has 0 unspecified atom stereocenters. The maximum Gasteiger partial charge on any atom is 0.146 e. The van der Waals surface area contributed by atoms with Gasteiger partial charge in [-0.2, -0.15) is 5.10 Å². The normalized spacial score (nSPS) is 11.8. The first-order chi connectivity index (χ1) is 11.2. The Labute approximate surface area is 132 Å². The predicted molar refractivity (Wildman–Crippen MR) is 88.1 cm³/mol. The van der Waals surface area contributed by atoms with Gasteiger partial charge in [-0.05, 0) is 19.1 Å². The summed E-state index contributed by atoms with van der Waals surface area (Å²) in [5, 5.41) is 24.7. The average Bonchev–Trinajstić information content (AvgIpc) is 2.59. The van der Waals surface area contributed by atoms with E-state index in [-0.39, 0.29) is 12.4 Å². The molecule has 0 aliphatic rings. The highest BCUT2D eigenvalue weighted by atomic mass is 16.3. The molecule has 0 radical (unpaired) electrons. The molecular weight excluding hydrogens is 292 g/mol. The van der Waals surface area contributed by atoms with E-state index in [9.17, 15) is 10.2 Å². The van der Waals surface area contributed by atoms with Gasteiger partial charge in [0.15, 0.2) is 0 Å². The standard InChI is InChI=1S/C17H16N4O2/c1-10-17(23)15(12(9-22)8-19-10)16(21-18)14-7-6-11-4-2-3-5-13(11)20-14/h2-8,22-23H,9,18H2,1H3/b21-16-. The minimum Gasteiger partial charge on any atom is -0.505 e. The molecular formula is C17H16N4O2. The summed E-state index contributed by atoms with van der Waals surface area (Å²) in [7, 11) is 0. The largest absolute Gasteiger partial charge is 0.505 e. The summed E-state index contributed by atoms with van der Waals surface area (Å²) < 4.78 is 0. The third kappa shape index (κ3) is 2.60. The van der Waals surface area contributed by atoms with Crippen LogP contribution in [0.25, 0.3) is 10.9 Å². The summed E-state index contributed by atoms with van der Waals surface area (Å²) in [6, 6.07) is 11.4. The molecule has 3 aromatic rings. The number of hydrogen-bond acceptors (Lipinski definition) is 6. The predicted octanol–water partition coefficient (Wildman–Crippen LogP) is 1.85. The lowest BCUT2D eigenvalue weighted by molar-refractivity contribution is 0.280. The van der Waals surface area contributed by atoms with Crippen molar-refractivity contribution in [2.24, 2.45) is 10.9 Å². The zero-order valence-corrected chi connectivity index (χ0v) is 12.6. The lowest BCUT2D eigenvalue weighted by Crippen LogP contribution is -2.13. The van der Waals surface area contributed by atoms with Crippen molar-refractivity contribution in [3.63, 3.8) is 0 Å². The fourth-order valence-corrected chi connectivity index (χ4v) is 2.47. The van der Waals surface area contributed by atoms with E-state index >= 15 is 0 Å². The molecule has 0 spiro atoms. The molecule has 0 saturated carbocycles. The number of para-hydroxylation sites is 1. The van der Waals surface area contributed by atoms with Crippen LogP contribution in [0, 0.1) is 6.92 Å². The quantitative estimate of drug-likeness (QED) is 0.389. The number of pyridine rings is 2. The highest BCUT2D eigenvalue weighted by molar-refractivity contribution is 6.14. The van der Waals surface area contributed by atoms with E-state index in [1.807, 2.05) is 30.3 Å². The molecule has 3 rings (SSSR count). The van der Waals surface area contributed by atoms with Crippen molar-refractivity contribution in [3.8, 4) is 5.75 Å². The second-order valence-corrected chi connectivity index (χ2v) is 5.12. The molecule has 0 amide bonds. The molecule has 0 aliphatic heterocycles. The number of nitrogens with zero attached hydrogens (tertiary/aromatic N) is 3. The Hall–Kier alpha value is -2.99. The molecule has 2 aromatic heterocycles. The molecule has 0 saturated heterocycles. The maximum atomic E-state index is 10.3. The molecule has 2 heterocycles. The molecule has 4 N–H and O–H groups in total. The van der Waals surface area contributed by atoms with Gasteiger partial charge < -0.3 is 16.1 Å². The van der Waals surface area contributed by atoms with Gasteiger partial charge in [-0.25, -0.2) is 4.98 Å². The van der Waals surface area contributed by atoms with Crippen LogP contribution in [0.4, 0.5) is 0 Å². The number of nitrogens with two attached hydrogens (primary N) is 1. The second kappa shape index (κ2) is 6.02. The number of aryl methyl sites for hydroxylation is 1. The van der Waals surface area contributed by atoms with Crippen LogP contribution in [-0.2, 0) is 6.61 Å². The Bertz CT molecular complexity index is 906. The average molecular weight is 308 g/mol. The van der Waals surface area contributed by atoms with Gasteiger partial charge in [-0.15, -0.1) is 0 Å². The third-order valence-corrected chi connectivity index (χ3v) is 3.69. The van der Waals surface area contributed by atoms with Crippen LogP contribution in [0.5, 0.6) is 5.75 Å². The zero-order valence-electron chi connectivity index (χ0n) is 12.6. The van der Waals surface area contributed by atoms with Crippen molar-refractivity contribution in [1.29, 1.82) is 0 Å². The van der Waals surface area contributed by atoms with E-state index in [1.165, 1.54) is 6.20 Å². The van der Waals surface area contributed by atoms with Crippen LogP contribution in [0.1, 0.15) is 22.5 Å². The number of aromatic hydroxyl groups is 1. The SMILES string of the molecule is Cc1ncc(CO)c(/C(=N\N)c2ccc3ccccc3n2)c1O. The van der Waals surface area contributed by atoms with Crippen LogP contribution >= 0.6 is 0 Å². The number of rotatable bonds is 3. The van der Waals surface area contributed by atoms with Gasteiger partial charge in [-0.1, -0.05) is 24.3 Å². The molecule has 1 aromatic carbocycles. The molecule has 0 fully saturated rings. The molecule has 116 valence electrons. The van der Waals surface area contributed by atoms with E-state index in [0.717, 1.165) is 10.9 Å². The van der Waals surface area contributed by atoms with Crippen LogP contribution in [0.2, 0.25) is 0 Å². The van der Waals surface area contributed by atoms with Crippen molar-refractivity contribution in [3.05, 3.63) is 65.1 Å². The summed E-state index contributed by atoms with van der Waals surface area (Å²) in [6.07, 6.45) is 1.50. The number of aromatic nitrogens is 2. The number of fused-ring (bicyclic) bond motifs is 1. The maximum absolute atomic E-state index is 10.3. The summed E-state index contributed by atoms with van der Waals surface area (Å²) in [4.78, 5) is 8.59. The molecule has 0 atom stereocenters. The van der Waals surface area contributed by atoms with Crippen molar-refractivity contribution in [1.82, 2.24) is 9.97 Å². The fourth-order valence-electron chi connectivity index (χ4n) is 2.47. The molecule has 23 heavy (non-hydrogen) atoms. The van der Waals surface area contributed by atoms with Gasteiger partial charge in [0.1, 0.15) is 11.5 Å². The smallest absolute Gasteiger partial charge is 0.146 e. The summed E-state index contributed by atoms with van der Waals surface area (Å²) in [6.45, 7) is 1.38. The van der Waals surface area contributed by atoms with E-state index in [4.69, 9.17) is 5.84 Å². The highest BCUT2D eigenvalue weighted by Crippen LogP contribution is 2.27. The number of hydrazone groups is 1. The van der Waals surface area contributed by atoms with Gasteiger partial charge in [0.05, 0.1) is 29.1 Å². The molecule has 6 heteroatoms. The molecule has 0 bridgehead atoms. The summed E-state index contributed by atoms with van der Waals surface area (Å²) in [5.74, 6) is 5.50. The van der Waals surface area contributed by atoms with Crippen LogP contribution < -0.4 is 5.84 Å². The summed E-state index contributed by atoms with van der Waals surface area (Å²) >= 11 is 0. The first-order valence-corrected chi connectivity index (χ1v) is 7.08. The molecule has 6 nitrogen and oxygen atoms in total. The fraction of sp³-hybridized carbons (Fsp3) is 0.118. The minimum absolute atomic E-state index is 0.0595. The third-order valence-electron chi connectivity index (χ3n) is 3.69. The van der Waals surface area contributed by atoms with E-state index in [0.29, 0.717) is 28.2 Å². The van der Waals surface area contributed by atoms with Crippen molar-refractivity contribution in [2.45, 2.75) is 13.5 Å². The van der Waals surface area contributed by atoms with Crippen LogP contribution in [0.3, 0.4) is 0 Å². The lowest BCUT2D eigenvalue weighted by Gasteiger charge is -2.13. The Morgan fingerprint density at radius 3 is 2.74 bits per heavy atom. The van der Waals surface area contributed by atoms with E-state index in [2.05, 4.69) is 15.1 Å². The highest BCUT2D eigenvalue weighted by Gasteiger charge is 2.19. The minimum atomic E-state index is -0.289. The van der Waals surface area contributed by atoms with Gasteiger partial charge >= 0.3 is 0 Å². The van der Waals surface area contributed by atoms with Crippen molar-refractivity contribution >= 4 is 16.6 Å². The Kier molecular flexibility index (Phi) is 3.91. The number of benzene rings is 1. The van der Waals surface area contributed by atoms with Crippen molar-refractivity contribution < 1.29 is 10.2 Å². The Morgan fingerprint density at radius 2 is 2.00 bits per heavy atom. The van der Waals surface area contributed by atoms with E-state index < -0.39 is 0 Å². The lowest BCUT2D eigenvalue weighted by atomic mass is 10.00. The number of aliphatic hydroxyl groups excluding tert-OH is 1. The van der Waals surface area contributed by atoms with Gasteiger partial charge in [-0.3, -0.25) is 4.98 Å². The monoisotopic (exact) mass is 308 g/mol. The number of hydrogen-bond donors (Lipinski definition) is 3. The zero-order chi connectivity index (χ0) is 16.4. The Morgan fingerprint density at radius 1 is 1.22 bits per heavy atom. The topological polar surface area (TPSA) is 105 Å². The number of aliphatic hydroxyl groups is 1. The van der Waals surface area contributed by atoms with Gasteiger partial charge in [0.25, 0.3) is 0 Å². The van der Waals surface area contributed by atoms with Gasteiger partial charge in [0.2, 0.25) is 0 Å². The first kappa shape index (κ1) is 14.9. The second-order valence-electron chi connectivity index (χ2n) is 5.12. The first-order valence-electron chi connectivity index (χ1n) is 7.08. The molecule has 0 aliphatic carbocycles. The van der Waals surface area contributed by atoms with Crippen molar-refractivity contribution in [2.75, 3.05) is 0 Å². The van der Waals surface area contributed by atoms with Gasteiger partial charge in [0, 0.05) is 17.1 Å². The van der Waals surface area contributed by atoms with Crippen LogP contribution in [-0.4, -0.2) is 25.9 Å².